The molecule has 0 aliphatic rings. The van der Waals surface area contributed by atoms with Gasteiger partial charge in [-0.15, -0.1) is 0 Å². The number of nitro benzene ring substituents is 1. The summed E-state index contributed by atoms with van der Waals surface area (Å²) in [5, 5.41) is 15.4. The van der Waals surface area contributed by atoms with E-state index in [1.54, 1.807) is 43.5 Å². The van der Waals surface area contributed by atoms with Crippen LogP contribution in [0, 0.1) is 10.1 Å². The number of non-ortho nitro benzene ring substituents is 1. The molecule has 2 aromatic carbocycles. The molecule has 0 atom stereocenters. The predicted octanol–water partition coefficient (Wildman–Crippen LogP) is 3.64. The van der Waals surface area contributed by atoms with Crippen LogP contribution in [0.15, 0.2) is 76.9 Å². The van der Waals surface area contributed by atoms with Gasteiger partial charge in [0.05, 0.1) is 29.1 Å². The molecule has 0 amide bonds. The molecule has 160 valence electrons. The molecule has 0 bridgehead atoms. The Morgan fingerprint density at radius 3 is 2.48 bits per heavy atom. The number of nitrogens with zero attached hydrogens (tertiary/aromatic N) is 3. The molecular formula is C20H19N5O5S. The van der Waals surface area contributed by atoms with Crippen LogP contribution < -0.4 is 14.9 Å². The van der Waals surface area contributed by atoms with E-state index >= 15 is 0 Å². The standard InChI is InChI=1S/C20H19N5O5S/c1-14(18-5-3-4-12-21-18)22-23-19-11-8-16(25(26)27)13-20(19)31(28,29)24-15-6-9-17(30-2)10-7-15/h3-13,23-24H,1-2H3. The summed E-state index contributed by atoms with van der Waals surface area (Å²) in [4.78, 5) is 14.4. The quantitative estimate of drug-likeness (QED) is 0.309. The van der Waals surface area contributed by atoms with Crippen LogP contribution in [0.1, 0.15) is 12.6 Å². The van der Waals surface area contributed by atoms with Crippen molar-refractivity contribution < 1.29 is 18.1 Å². The number of methoxy groups -OCH3 is 1. The van der Waals surface area contributed by atoms with Crippen LogP contribution in [0.25, 0.3) is 0 Å². The molecule has 0 saturated carbocycles. The number of nitro groups is 1. The molecule has 0 saturated heterocycles. The Kier molecular flexibility index (Phi) is 6.46. The number of aromatic nitrogens is 1. The highest BCUT2D eigenvalue weighted by Crippen LogP contribution is 2.29. The summed E-state index contributed by atoms with van der Waals surface area (Å²) in [5.74, 6) is 0.556. The first kappa shape index (κ1) is 21.7. The zero-order valence-corrected chi connectivity index (χ0v) is 17.5. The fourth-order valence-corrected chi connectivity index (χ4v) is 3.82. The third-order valence-electron chi connectivity index (χ3n) is 4.19. The molecule has 0 unspecified atom stereocenters. The van der Waals surface area contributed by atoms with Crippen molar-refractivity contribution in [3.8, 4) is 5.75 Å². The molecule has 1 aromatic heterocycles. The van der Waals surface area contributed by atoms with Gasteiger partial charge in [-0.05, 0) is 49.4 Å². The normalized spacial score (nSPS) is 11.6. The van der Waals surface area contributed by atoms with E-state index in [0.717, 1.165) is 6.07 Å². The van der Waals surface area contributed by atoms with E-state index in [1.807, 2.05) is 0 Å². The van der Waals surface area contributed by atoms with Gasteiger partial charge in [-0.3, -0.25) is 25.2 Å². The number of hydrogen-bond donors (Lipinski definition) is 2. The van der Waals surface area contributed by atoms with Crippen LogP contribution in [0.3, 0.4) is 0 Å². The fraction of sp³-hybridized carbons (Fsp3) is 0.100. The summed E-state index contributed by atoms with van der Waals surface area (Å²) in [5.41, 5.74) is 3.75. The number of pyridine rings is 1. The number of benzene rings is 2. The first-order valence-electron chi connectivity index (χ1n) is 8.97. The van der Waals surface area contributed by atoms with E-state index in [2.05, 4.69) is 20.2 Å². The summed E-state index contributed by atoms with van der Waals surface area (Å²) < 4.78 is 33.5. The minimum absolute atomic E-state index is 0.0712. The lowest BCUT2D eigenvalue weighted by atomic mass is 10.2. The maximum atomic E-state index is 13.0. The summed E-state index contributed by atoms with van der Waals surface area (Å²) in [6.07, 6.45) is 1.61. The number of nitrogens with one attached hydrogen (secondary N) is 2. The Morgan fingerprint density at radius 1 is 1.13 bits per heavy atom. The third-order valence-corrected chi connectivity index (χ3v) is 5.61. The Balaban J connectivity index is 1.96. The maximum Gasteiger partial charge on any atom is 0.270 e. The average molecular weight is 441 g/mol. The molecule has 1 heterocycles. The number of ether oxygens (including phenoxy) is 1. The van der Waals surface area contributed by atoms with E-state index in [9.17, 15) is 18.5 Å². The number of anilines is 2. The molecule has 2 N–H and O–H groups in total. The van der Waals surface area contributed by atoms with Gasteiger partial charge in [-0.1, -0.05) is 6.07 Å². The second-order valence-corrected chi connectivity index (χ2v) is 7.95. The first-order chi connectivity index (χ1) is 14.8. The van der Waals surface area contributed by atoms with Crippen molar-refractivity contribution in [3.63, 3.8) is 0 Å². The van der Waals surface area contributed by atoms with Crippen molar-refractivity contribution in [2.45, 2.75) is 11.8 Å². The van der Waals surface area contributed by atoms with E-state index in [0.29, 0.717) is 17.2 Å². The van der Waals surface area contributed by atoms with Crippen LogP contribution in [-0.4, -0.2) is 31.1 Å². The summed E-state index contributed by atoms with van der Waals surface area (Å²) in [7, 11) is -2.68. The van der Waals surface area contributed by atoms with Crippen LogP contribution in [-0.2, 0) is 10.0 Å². The van der Waals surface area contributed by atoms with Gasteiger partial charge in [-0.25, -0.2) is 8.42 Å². The van der Waals surface area contributed by atoms with Crippen molar-refractivity contribution >= 4 is 32.8 Å². The van der Waals surface area contributed by atoms with Gasteiger partial charge >= 0.3 is 0 Å². The van der Waals surface area contributed by atoms with Crippen LogP contribution in [0.4, 0.5) is 17.1 Å². The molecule has 0 aliphatic heterocycles. The van der Waals surface area contributed by atoms with E-state index in [4.69, 9.17) is 4.74 Å². The van der Waals surface area contributed by atoms with Crippen molar-refractivity contribution in [2.75, 3.05) is 17.3 Å². The second-order valence-electron chi connectivity index (χ2n) is 6.30. The molecule has 0 radical (unpaired) electrons. The molecule has 0 aliphatic carbocycles. The number of rotatable bonds is 8. The number of hydrogen-bond acceptors (Lipinski definition) is 8. The fourth-order valence-electron chi connectivity index (χ4n) is 2.59. The minimum Gasteiger partial charge on any atom is -0.497 e. The summed E-state index contributed by atoms with van der Waals surface area (Å²) in [6, 6.07) is 15.0. The van der Waals surface area contributed by atoms with Gasteiger partial charge in [-0.2, -0.15) is 5.10 Å². The van der Waals surface area contributed by atoms with Gasteiger partial charge in [0.15, 0.2) is 0 Å². The topological polar surface area (TPSA) is 136 Å². The van der Waals surface area contributed by atoms with Crippen LogP contribution in [0.2, 0.25) is 0 Å². The second kappa shape index (κ2) is 9.22. The minimum atomic E-state index is -4.17. The van der Waals surface area contributed by atoms with Crippen molar-refractivity contribution in [2.24, 2.45) is 5.10 Å². The lowest BCUT2D eigenvalue weighted by molar-refractivity contribution is -0.385. The molecule has 31 heavy (non-hydrogen) atoms. The Labute approximate surface area is 178 Å². The monoisotopic (exact) mass is 441 g/mol. The Morgan fingerprint density at radius 2 is 1.87 bits per heavy atom. The molecule has 3 aromatic rings. The Bertz CT molecular complexity index is 1210. The molecule has 11 heteroatoms. The number of hydrazone groups is 1. The van der Waals surface area contributed by atoms with E-state index in [-0.39, 0.29) is 22.0 Å². The zero-order chi connectivity index (χ0) is 22.4. The highest BCUT2D eigenvalue weighted by atomic mass is 32.2. The first-order valence-corrected chi connectivity index (χ1v) is 10.5. The summed E-state index contributed by atoms with van der Waals surface area (Å²) >= 11 is 0. The van der Waals surface area contributed by atoms with Crippen LogP contribution >= 0.6 is 0 Å². The molecule has 3 rings (SSSR count). The van der Waals surface area contributed by atoms with Gasteiger partial charge in [0.1, 0.15) is 10.6 Å². The van der Waals surface area contributed by atoms with Gasteiger partial charge in [0.2, 0.25) is 0 Å². The Hall–Kier alpha value is -3.99. The molecule has 10 nitrogen and oxygen atoms in total. The van der Waals surface area contributed by atoms with Crippen molar-refractivity contribution in [3.05, 3.63) is 82.7 Å². The van der Waals surface area contributed by atoms with E-state index < -0.39 is 14.9 Å². The lowest BCUT2D eigenvalue weighted by Gasteiger charge is -2.13. The largest absolute Gasteiger partial charge is 0.497 e. The van der Waals surface area contributed by atoms with Crippen molar-refractivity contribution in [1.29, 1.82) is 0 Å². The average Bonchev–Trinajstić information content (AvgIpc) is 2.78. The molecule has 0 spiro atoms. The highest BCUT2D eigenvalue weighted by molar-refractivity contribution is 7.92. The number of sulfonamides is 1. The lowest BCUT2D eigenvalue weighted by Crippen LogP contribution is -2.15. The summed E-state index contributed by atoms with van der Waals surface area (Å²) in [6.45, 7) is 1.70. The highest BCUT2D eigenvalue weighted by Gasteiger charge is 2.23. The third kappa shape index (κ3) is 5.34. The van der Waals surface area contributed by atoms with Crippen LogP contribution in [0.5, 0.6) is 5.75 Å². The van der Waals surface area contributed by atoms with Gasteiger partial charge in [0, 0.05) is 24.0 Å². The van der Waals surface area contributed by atoms with Gasteiger partial charge < -0.3 is 4.74 Å². The van der Waals surface area contributed by atoms with Gasteiger partial charge in [0.25, 0.3) is 15.7 Å². The van der Waals surface area contributed by atoms with Crippen molar-refractivity contribution in [1.82, 2.24) is 4.98 Å². The van der Waals surface area contributed by atoms with E-state index in [1.165, 1.54) is 31.4 Å². The smallest absolute Gasteiger partial charge is 0.270 e. The SMILES string of the molecule is COc1ccc(NS(=O)(=O)c2cc([N+](=O)[O-])ccc2NN=C(C)c2ccccn2)cc1. The maximum absolute atomic E-state index is 13.0. The molecule has 0 fully saturated rings. The predicted molar refractivity (Wildman–Crippen MR) is 117 cm³/mol. The zero-order valence-electron chi connectivity index (χ0n) is 16.6. The molecular weight excluding hydrogens is 422 g/mol.